The Morgan fingerprint density at radius 2 is 1.87 bits per heavy atom. The van der Waals surface area contributed by atoms with Gasteiger partial charge >= 0.3 is 0 Å². The third kappa shape index (κ3) is 3.65. The van der Waals surface area contributed by atoms with E-state index in [4.69, 9.17) is 14.5 Å². The van der Waals surface area contributed by atoms with Gasteiger partial charge in [-0.3, -0.25) is 0 Å². The quantitative estimate of drug-likeness (QED) is 0.484. The Bertz CT molecular complexity index is 1220. The molecular formula is C24H22N4O2S. The van der Waals surface area contributed by atoms with Crippen LogP contribution in [0, 0.1) is 0 Å². The lowest BCUT2D eigenvalue weighted by molar-refractivity contribution is 0.171. The van der Waals surface area contributed by atoms with E-state index in [1.807, 2.05) is 23.1 Å². The molecule has 31 heavy (non-hydrogen) atoms. The van der Waals surface area contributed by atoms with Crippen LogP contribution in [0.2, 0.25) is 0 Å². The summed E-state index contributed by atoms with van der Waals surface area (Å²) in [6.07, 6.45) is 7.64. The van der Waals surface area contributed by atoms with E-state index < -0.39 is 0 Å². The van der Waals surface area contributed by atoms with Crippen LogP contribution in [0.5, 0.6) is 11.5 Å². The number of ether oxygens (including phenoxy) is 2. The van der Waals surface area contributed by atoms with Crippen LogP contribution < -0.4 is 14.4 Å². The SMILES string of the molecule is c1cc(Cc2cnc(N3CCc4cc5c(cc4C3)OCCO5)s2)cc(-n2cccn2)c1. The number of thiazole rings is 1. The van der Waals surface area contributed by atoms with Crippen molar-refractivity contribution in [3.63, 3.8) is 0 Å². The lowest BCUT2D eigenvalue weighted by atomic mass is 9.99. The first kappa shape index (κ1) is 18.4. The van der Waals surface area contributed by atoms with E-state index >= 15 is 0 Å². The van der Waals surface area contributed by atoms with Crippen LogP contribution in [0.1, 0.15) is 21.6 Å². The molecule has 0 fully saturated rings. The standard InChI is InChI=1S/C24H22N4O2S/c1-3-17(11-20(4-1)28-7-2-6-26-28)12-21-15-25-24(31-21)27-8-5-18-13-22-23(14-19(18)16-27)30-10-9-29-22/h1-4,6-7,11,13-15H,5,8-10,12,16H2. The predicted molar refractivity (Wildman–Crippen MR) is 121 cm³/mol. The van der Waals surface area contributed by atoms with Gasteiger partial charge in [0.25, 0.3) is 0 Å². The number of fused-ring (bicyclic) bond motifs is 2. The van der Waals surface area contributed by atoms with E-state index in [0.717, 1.165) is 48.2 Å². The molecule has 2 aliphatic rings. The molecule has 6 nitrogen and oxygen atoms in total. The first-order valence-electron chi connectivity index (χ1n) is 10.5. The predicted octanol–water partition coefficient (Wildman–Crippen LogP) is 4.25. The third-order valence-electron chi connectivity index (χ3n) is 5.75. The molecule has 0 spiro atoms. The van der Waals surface area contributed by atoms with Crippen LogP contribution in [-0.4, -0.2) is 34.5 Å². The van der Waals surface area contributed by atoms with E-state index in [2.05, 4.69) is 46.4 Å². The fourth-order valence-corrected chi connectivity index (χ4v) is 5.18. The van der Waals surface area contributed by atoms with Gasteiger partial charge in [0, 0.05) is 43.0 Å². The van der Waals surface area contributed by atoms with Crippen LogP contribution in [0.15, 0.2) is 61.1 Å². The third-order valence-corrected chi connectivity index (χ3v) is 6.80. The minimum Gasteiger partial charge on any atom is -0.486 e. The monoisotopic (exact) mass is 430 g/mol. The zero-order valence-corrected chi connectivity index (χ0v) is 17.8. The van der Waals surface area contributed by atoms with Gasteiger partial charge in [0.2, 0.25) is 0 Å². The maximum absolute atomic E-state index is 5.77. The van der Waals surface area contributed by atoms with Crippen molar-refractivity contribution in [3.8, 4) is 17.2 Å². The molecule has 0 N–H and O–H groups in total. The smallest absolute Gasteiger partial charge is 0.185 e. The largest absolute Gasteiger partial charge is 0.486 e. The Labute approximate surface area is 184 Å². The molecule has 0 unspecified atom stereocenters. The van der Waals surface area contributed by atoms with Gasteiger partial charge in [-0.05, 0) is 53.4 Å². The molecule has 4 heterocycles. The van der Waals surface area contributed by atoms with Crippen molar-refractivity contribution in [2.24, 2.45) is 0 Å². The molecule has 156 valence electrons. The molecule has 0 saturated carbocycles. The molecule has 0 aliphatic carbocycles. The summed E-state index contributed by atoms with van der Waals surface area (Å²) in [5, 5.41) is 5.41. The molecule has 2 aliphatic heterocycles. The zero-order valence-electron chi connectivity index (χ0n) is 17.0. The number of anilines is 1. The topological polar surface area (TPSA) is 52.4 Å². The molecule has 6 rings (SSSR count). The fraction of sp³-hybridized carbons (Fsp3) is 0.250. The molecule has 2 aromatic heterocycles. The summed E-state index contributed by atoms with van der Waals surface area (Å²) in [7, 11) is 0. The van der Waals surface area contributed by atoms with Gasteiger partial charge in [0.1, 0.15) is 13.2 Å². The van der Waals surface area contributed by atoms with E-state index in [0.29, 0.717) is 13.2 Å². The zero-order chi connectivity index (χ0) is 20.6. The number of hydrogen-bond acceptors (Lipinski definition) is 6. The number of benzene rings is 2. The second-order valence-electron chi connectivity index (χ2n) is 7.84. The van der Waals surface area contributed by atoms with E-state index in [-0.39, 0.29) is 0 Å². The highest BCUT2D eigenvalue weighted by Gasteiger charge is 2.23. The van der Waals surface area contributed by atoms with Crippen molar-refractivity contribution in [1.82, 2.24) is 14.8 Å². The van der Waals surface area contributed by atoms with Gasteiger partial charge in [-0.1, -0.05) is 12.1 Å². The lowest BCUT2D eigenvalue weighted by Crippen LogP contribution is -2.30. The van der Waals surface area contributed by atoms with Gasteiger partial charge in [-0.2, -0.15) is 5.10 Å². The average Bonchev–Trinajstić information content (AvgIpc) is 3.50. The number of nitrogens with zero attached hydrogens (tertiary/aromatic N) is 4. The summed E-state index contributed by atoms with van der Waals surface area (Å²) in [5.41, 5.74) is 5.00. The maximum Gasteiger partial charge on any atom is 0.185 e. The Morgan fingerprint density at radius 3 is 2.71 bits per heavy atom. The minimum atomic E-state index is 0.618. The van der Waals surface area contributed by atoms with Gasteiger partial charge in [0.05, 0.1) is 5.69 Å². The first-order valence-corrected chi connectivity index (χ1v) is 11.3. The van der Waals surface area contributed by atoms with Gasteiger partial charge in [-0.25, -0.2) is 9.67 Å². The molecule has 7 heteroatoms. The number of hydrogen-bond donors (Lipinski definition) is 0. The van der Waals surface area contributed by atoms with E-state index in [1.54, 1.807) is 17.5 Å². The first-order chi connectivity index (χ1) is 15.3. The van der Waals surface area contributed by atoms with E-state index in [1.165, 1.54) is 21.6 Å². The summed E-state index contributed by atoms with van der Waals surface area (Å²) in [6.45, 7) is 3.07. The van der Waals surface area contributed by atoms with Gasteiger partial charge in [-0.15, -0.1) is 11.3 Å². The summed E-state index contributed by atoms with van der Waals surface area (Å²) in [4.78, 5) is 8.37. The van der Waals surface area contributed by atoms with Crippen LogP contribution in [-0.2, 0) is 19.4 Å². The highest BCUT2D eigenvalue weighted by Crippen LogP contribution is 2.37. The Hall–Kier alpha value is -3.32. The van der Waals surface area contributed by atoms with Crippen LogP contribution in [0.4, 0.5) is 5.13 Å². The van der Waals surface area contributed by atoms with Crippen molar-refractivity contribution in [2.45, 2.75) is 19.4 Å². The van der Waals surface area contributed by atoms with Gasteiger partial charge < -0.3 is 14.4 Å². The second kappa shape index (κ2) is 7.74. The highest BCUT2D eigenvalue weighted by molar-refractivity contribution is 7.15. The normalized spacial score (nSPS) is 15.0. The molecule has 0 atom stereocenters. The fourth-order valence-electron chi connectivity index (χ4n) is 4.21. The molecule has 0 saturated heterocycles. The minimum absolute atomic E-state index is 0.618. The molecule has 4 aromatic rings. The molecule has 0 radical (unpaired) electrons. The Morgan fingerprint density at radius 1 is 1.00 bits per heavy atom. The number of rotatable bonds is 4. The average molecular weight is 431 g/mol. The van der Waals surface area contributed by atoms with Crippen molar-refractivity contribution in [1.29, 1.82) is 0 Å². The highest BCUT2D eigenvalue weighted by atomic mass is 32.1. The molecule has 0 amide bonds. The van der Waals surface area contributed by atoms with Crippen LogP contribution in [0.3, 0.4) is 0 Å². The molecule has 0 bridgehead atoms. The second-order valence-corrected chi connectivity index (χ2v) is 8.94. The molecular weight excluding hydrogens is 408 g/mol. The summed E-state index contributed by atoms with van der Waals surface area (Å²) < 4.78 is 13.4. The summed E-state index contributed by atoms with van der Waals surface area (Å²) in [5.74, 6) is 1.75. The van der Waals surface area contributed by atoms with Gasteiger partial charge in [0.15, 0.2) is 16.6 Å². The number of aromatic nitrogens is 3. The van der Waals surface area contributed by atoms with Crippen LogP contribution in [0.25, 0.3) is 5.69 Å². The summed E-state index contributed by atoms with van der Waals surface area (Å²) >= 11 is 1.78. The van der Waals surface area contributed by atoms with Crippen molar-refractivity contribution in [2.75, 3.05) is 24.7 Å². The van der Waals surface area contributed by atoms with Crippen molar-refractivity contribution < 1.29 is 9.47 Å². The van der Waals surface area contributed by atoms with Crippen LogP contribution >= 0.6 is 11.3 Å². The molecule has 2 aromatic carbocycles. The Kier molecular flexibility index (Phi) is 4.61. The maximum atomic E-state index is 5.77. The lowest BCUT2D eigenvalue weighted by Gasteiger charge is -2.30. The summed E-state index contributed by atoms with van der Waals surface area (Å²) in [6, 6.07) is 14.7. The van der Waals surface area contributed by atoms with Crippen molar-refractivity contribution in [3.05, 3.63) is 82.6 Å². The van der Waals surface area contributed by atoms with E-state index in [9.17, 15) is 0 Å². The Balaban J connectivity index is 1.19. The van der Waals surface area contributed by atoms with Crippen molar-refractivity contribution >= 4 is 16.5 Å².